The number of ether oxygens (including phenoxy) is 2. The lowest BCUT2D eigenvalue weighted by molar-refractivity contribution is -0.144. The number of pyridine rings is 1. The molecule has 0 unspecified atom stereocenters. The number of esters is 2. The smallest absolute Gasteiger partial charge is 0.325 e. The summed E-state index contributed by atoms with van der Waals surface area (Å²) in [5.41, 5.74) is 2.24. The van der Waals surface area contributed by atoms with Crippen LogP contribution in [0.4, 0.5) is 0 Å². The van der Waals surface area contributed by atoms with E-state index in [0.29, 0.717) is 27.2 Å². The number of methoxy groups -OCH3 is 2. The Morgan fingerprint density at radius 2 is 1.53 bits per heavy atom. The summed E-state index contributed by atoms with van der Waals surface area (Å²) in [5.74, 6) is -1.81. The first kappa shape index (κ1) is 21.3. The third kappa shape index (κ3) is 4.75. The van der Waals surface area contributed by atoms with Gasteiger partial charge in [0.15, 0.2) is 0 Å². The fraction of sp³-hybridized carbons (Fsp3) is 0.182. The number of aromatic nitrogens is 1. The fourth-order valence-corrected chi connectivity index (χ4v) is 3.06. The maximum atomic E-state index is 13.4. The number of carbonyl (C=O) groups excluding carboxylic acids is 3. The first-order chi connectivity index (χ1) is 14.4. The molecule has 0 aliphatic carbocycles. The summed E-state index contributed by atoms with van der Waals surface area (Å²) in [6.07, 6.45) is 0. The highest BCUT2D eigenvalue weighted by Gasteiger charge is 2.25. The molecule has 30 heavy (non-hydrogen) atoms. The van der Waals surface area contributed by atoms with Gasteiger partial charge in [0.05, 0.1) is 31.0 Å². The van der Waals surface area contributed by atoms with Crippen molar-refractivity contribution in [2.45, 2.75) is 0 Å². The first-order valence-electron chi connectivity index (χ1n) is 9.01. The monoisotopic (exact) mass is 426 g/mol. The average Bonchev–Trinajstić information content (AvgIpc) is 2.77. The van der Waals surface area contributed by atoms with E-state index in [1.165, 1.54) is 14.2 Å². The highest BCUT2D eigenvalue weighted by molar-refractivity contribution is 6.30. The fourth-order valence-electron chi connectivity index (χ4n) is 2.93. The van der Waals surface area contributed by atoms with Crippen molar-refractivity contribution in [3.63, 3.8) is 0 Å². The molecule has 0 aliphatic heterocycles. The summed E-state index contributed by atoms with van der Waals surface area (Å²) in [5, 5.41) is 1.18. The molecule has 2 aromatic carbocycles. The van der Waals surface area contributed by atoms with Crippen molar-refractivity contribution < 1.29 is 23.9 Å². The molecule has 0 fully saturated rings. The van der Waals surface area contributed by atoms with Gasteiger partial charge in [-0.25, -0.2) is 4.98 Å². The van der Waals surface area contributed by atoms with Gasteiger partial charge in [-0.2, -0.15) is 0 Å². The van der Waals surface area contributed by atoms with E-state index in [1.807, 2.05) is 6.07 Å². The van der Waals surface area contributed by atoms with Crippen molar-refractivity contribution >= 4 is 40.3 Å². The quantitative estimate of drug-likeness (QED) is 0.562. The molecule has 0 N–H and O–H groups in total. The van der Waals surface area contributed by atoms with Crippen molar-refractivity contribution in [1.82, 2.24) is 9.88 Å². The third-order valence-electron chi connectivity index (χ3n) is 4.47. The zero-order chi connectivity index (χ0) is 21.7. The minimum atomic E-state index is -0.650. The Morgan fingerprint density at radius 3 is 2.13 bits per heavy atom. The second-order valence-corrected chi connectivity index (χ2v) is 6.83. The van der Waals surface area contributed by atoms with Crippen LogP contribution in [0.1, 0.15) is 10.4 Å². The van der Waals surface area contributed by atoms with Gasteiger partial charge in [-0.3, -0.25) is 14.4 Å². The predicted octanol–water partition coefficient (Wildman–Crippen LogP) is 3.34. The molecule has 0 saturated carbocycles. The zero-order valence-electron chi connectivity index (χ0n) is 16.4. The van der Waals surface area contributed by atoms with Crippen LogP contribution in [-0.2, 0) is 19.1 Å². The second kappa shape index (κ2) is 9.37. The van der Waals surface area contributed by atoms with Crippen molar-refractivity contribution in [3.8, 4) is 11.3 Å². The number of nitrogens with zero attached hydrogens (tertiary/aromatic N) is 2. The van der Waals surface area contributed by atoms with Gasteiger partial charge >= 0.3 is 11.9 Å². The molecule has 0 radical (unpaired) electrons. The van der Waals surface area contributed by atoms with Crippen molar-refractivity contribution in [2.75, 3.05) is 27.3 Å². The molecular formula is C22H19ClN2O5. The minimum Gasteiger partial charge on any atom is -0.468 e. The van der Waals surface area contributed by atoms with Crippen LogP contribution in [0.5, 0.6) is 0 Å². The predicted molar refractivity (Wildman–Crippen MR) is 112 cm³/mol. The normalized spacial score (nSPS) is 10.5. The topological polar surface area (TPSA) is 85.8 Å². The van der Waals surface area contributed by atoms with Gasteiger partial charge in [0.25, 0.3) is 5.91 Å². The van der Waals surface area contributed by atoms with Crippen LogP contribution in [0.25, 0.3) is 22.2 Å². The molecule has 3 aromatic rings. The van der Waals surface area contributed by atoms with Gasteiger partial charge in [-0.1, -0.05) is 41.9 Å². The molecule has 0 spiro atoms. The molecular weight excluding hydrogens is 408 g/mol. The van der Waals surface area contributed by atoms with Crippen LogP contribution in [0.3, 0.4) is 0 Å². The summed E-state index contributed by atoms with van der Waals surface area (Å²) in [6.45, 7) is -0.783. The van der Waals surface area contributed by atoms with Gasteiger partial charge < -0.3 is 14.4 Å². The SMILES string of the molecule is COC(=O)CN(CC(=O)OC)C(=O)c1cc(-c2ccc(Cl)cc2)nc2ccccc12. The Hall–Kier alpha value is -3.45. The lowest BCUT2D eigenvalue weighted by Crippen LogP contribution is -2.40. The Balaban J connectivity index is 2.11. The van der Waals surface area contributed by atoms with Crippen LogP contribution in [0, 0.1) is 0 Å². The number of carbonyl (C=O) groups is 3. The summed E-state index contributed by atoms with van der Waals surface area (Å²) in [7, 11) is 2.42. The highest BCUT2D eigenvalue weighted by atomic mass is 35.5. The van der Waals surface area contributed by atoms with Gasteiger partial charge in [-0.05, 0) is 24.3 Å². The summed E-state index contributed by atoms with van der Waals surface area (Å²) >= 11 is 5.97. The summed E-state index contributed by atoms with van der Waals surface area (Å²) in [6, 6.07) is 15.8. The largest absolute Gasteiger partial charge is 0.468 e. The van der Waals surface area contributed by atoms with Gasteiger partial charge in [0.1, 0.15) is 13.1 Å². The number of para-hydroxylation sites is 1. The summed E-state index contributed by atoms with van der Waals surface area (Å²) in [4.78, 5) is 42.7. The Labute approximate surface area is 178 Å². The zero-order valence-corrected chi connectivity index (χ0v) is 17.2. The maximum absolute atomic E-state index is 13.4. The molecule has 1 amide bonds. The maximum Gasteiger partial charge on any atom is 0.325 e. The number of rotatable bonds is 6. The Bertz CT molecular complexity index is 1080. The Morgan fingerprint density at radius 1 is 0.933 bits per heavy atom. The van der Waals surface area contributed by atoms with Crippen molar-refractivity contribution in [3.05, 3.63) is 65.2 Å². The molecule has 1 aromatic heterocycles. The molecule has 0 aliphatic rings. The molecule has 1 heterocycles. The van der Waals surface area contributed by atoms with Crippen LogP contribution in [0.15, 0.2) is 54.6 Å². The Kier molecular flexibility index (Phi) is 6.64. The van der Waals surface area contributed by atoms with Gasteiger partial charge in [0, 0.05) is 16.0 Å². The molecule has 3 rings (SSSR count). The van der Waals surface area contributed by atoms with E-state index in [-0.39, 0.29) is 0 Å². The third-order valence-corrected chi connectivity index (χ3v) is 4.72. The van der Waals surface area contributed by atoms with Crippen LogP contribution >= 0.6 is 11.6 Å². The van der Waals surface area contributed by atoms with E-state index >= 15 is 0 Å². The van der Waals surface area contributed by atoms with E-state index in [1.54, 1.807) is 48.5 Å². The van der Waals surface area contributed by atoms with E-state index in [9.17, 15) is 14.4 Å². The van der Waals surface area contributed by atoms with Gasteiger partial charge in [0.2, 0.25) is 0 Å². The molecule has 0 bridgehead atoms. The first-order valence-corrected chi connectivity index (χ1v) is 9.39. The molecule has 7 nitrogen and oxygen atoms in total. The standard InChI is InChI=1S/C22H19ClN2O5/c1-29-20(26)12-25(13-21(27)30-2)22(28)17-11-19(14-7-9-15(23)10-8-14)24-18-6-4-3-5-16(17)18/h3-11H,12-13H2,1-2H3. The number of hydrogen-bond acceptors (Lipinski definition) is 6. The number of benzene rings is 2. The lowest BCUT2D eigenvalue weighted by Gasteiger charge is -2.21. The van der Waals surface area contributed by atoms with Crippen LogP contribution in [0.2, 0.25) is 5.02 Å². The van der Waals surface area contributed by atoms with Crippen molar-refractivity contribution in [2.24, 2.45) is 0 Å². The van der Waals surface area contributed by atoms with E-state index in [2.05, 4.69) is 14.5 Å². The highest BCUT2D eigenvalue weighted by Crippen LogP contribution is 2.27. The lowest BCUT2D eigenvalue weighted by atomic mass is 10.0. The van der Waals surface area contributed by atoms with E-state index < -0.39 is 30.9 Å². The van der Waals surface area contributed by atoms with Crippen LogP contribution < -0.4 is 0 Å². The molecule has 0 saturated heterocycles. The van der Waals surface area contributed by atoms with Crippen molar-refractivity contribution in [1.29, 1.82) is 0 Å². The number of amides is 1. The summed E-state index contributed by atoms with van der Waals surface area (Å²) < 4.78 is 9.33. The number of halogens is 1. The minimum absolute atomic E-state index is 0.304. The van der Waals surface area contributed by atoms with Gasteiger partial charge in [-0.15, -0.1) is 0 Å². The van der Waals surface area contributed by atoms with Crippen LogP contribution in [-0.4, -0.2) is 55.0 Å². The van der Waals surface area contributed by atoms with E-state index in [0.717, 1.165) is 10.5 Å². The molecule has 0 atom stereocenters. The van der Waals surface area contributed by atoms with E-state index in [4.69, 9.17) is 11.6 Å². The molecule has 8 heteroatoms. The average molecular weight is 427 g/mol. The number of fused-ring (bicyclic) bond motifs is 1. The number of hydrogen-bond donors (Lipinski definition) is 0. The molecule has 154 valence electrons. The second-order valence-electron chi connectivity index (χ2n) is 6.39.